The van der Waals surface area contributed by atoms with Gasteiger partial charge in [-0.25, -0.2) is 8.42 Å². The first-order valence-corrected chi connectivity index (χ1v) is 12.5. The van der Waals surface area contributed by atoms with E-state index in [1.54, 1.807) is 24.3 Å². The molecule has 0 unspecified atom stereocenters. The number of benzene rings is 2. The van der Waals surface area contributed by atoms with Gasteiger partial charge in [-0.3, -0.25) is 14.0 Å². The Hall–Kier alpha value is -2.58. The van der Waals surface area contributed by atoms with E-state index in [1.165, 1.54) is 18.4 Å². The van der Waals surface area contributed by atoms with Crippen LogP contribution in [0.1, 0.15) is 30.9 Å². The first-order valence-electron chi connectivity index (χ1n) is 10.6. The summed E-state index contributed by atoms with van der Waals surface area (Å²) in [5.74, 6) is 0.0619. The average molecular weight is 446 g/mol. The van der Waals surface area contributed by atoms with Crippen LogP contribution in [0.4, 0.5) is 5.69 Å². The molecule has 0 bridgehead atoms. The molecular weight excluding hydrogens is 414 g/mol. The van der Waals surface area contributed by atoms with Crippen LogP contribution < -0.4 is 14.4 Å². The molecule has 0 aliphatic carbocycles. The molecule has 1 aliphatic heterocycles. The fraction of sp³-hybridized carbons (Fsp3) is 0.435. The highest BCUT2D eigenvalue weighted by Crippen LogP contribution is 2.29. The highest BCUT2D eigenvalue weighted by molar-refractivity contribution is 7.92. The molecule has 0 saturated carbocycles. The Morgan fingerprint density at radius 1 is 1.06 bits per heavy atom. The lowest BCUT2D eigenvalue weighted by Crippen LogP contribution is -2.40. The van der Waals surface area contributed by atoms with E-state index in [2.05, 4.69) is 16.3 Å². The fourth-order valence-corrected chi connectivity index (χ4v) is 4.63. The molecule has 0 atom stereocenters. The second-order valence-corrected chi connectivity index (χ2v) is 9.61. The van der Waals surface area contributed by atoms with Crippen molar-refractivity contribution in [3.63, 3.8) is 0 Å². The van der Waals surface area contributed by atoms with E-state index < -0.39 is 10.0 Å². The molecule has 7 nitrogen and oxygen atoms in total. The summed E-state index contributed by atoms with van der Waals surface area (Å²) < 4.78 is 31.5. The Morgan fingerprint density at radius 2 is 1.71 bits per heavy atom. The van der Waals surface area contributed by atoms with Gasteiger partial charge in [0.2, 0.25) is 15.9 Å². The topological polar surface area (TPSA) is 79.0 Å². The van der Waals surface area contributed by atoms with Gasteiger partial charge in [-0.1, -0.05) is 36.4 Å². The second kappa shape index (κ2) is 10.6. The summed E-state index contributed by atoms with van der Waals surface area (Å²) in [6, 6.07) is 14.9. The molecule has 31 heavy (non-hydrogen) atoms. The molecule has 1 amide bonds. The van der Waals surface area contributed by atoms with E-state index in [0.717, 1.165) is 35.8 Å². The summed E-state index contributed by atoms with van der Waals surface area (Å²) in [5, 5.41) is 2.88. The molecule has 1 saturated heterocycles. The van der Waals surface area contributed by atoms with Gasteiger partial charge in [0, 0.05) is 13.1 Å². The number of hydrogen-bond donors (Lipinski definition) is 1. The number of anilines is 1. The molecule has 2 aromatic rings. The Labute approximate surface area is 185 Å². The number of amides is 1. The van der Waals surface area contributed by atoms with Crippen molar-refractivity contribution in [2.24, 2.45) is 0 Å². The fourth-order valence-electron chi connectivity index (χ4n) is 3.77. The van der Waals surface area contributed by atoms with Gasteiger partial charge in [0.05, 0.1) is 18.6 Å². The van der Waals surface area contributed by atoms with Crippen molar-refractivity contribution in [3.05, 3.63) is 59.7 Å². The van der Waals surface area contributed by atoms with Crippen molar-refractivity contribution >= 4 is 21.6 Å². The van der Waals surface area contributed by atoms with Crippen molar-refractivity contribution in [1.29, 1.82) is 0 Å². The lowest BCUT2D eigenvalue weighted by Gasteiger charge is -2.24. The predicted molar refractivity (Wildman–Crippen MR) is 123 cm³/mol. The lowest BCUT2D eigenvalue weighted by molar-refractivity contribution is -0.119. The van der Waals surface area contributed by atoms with E-state index in [0.29, 0.717) is 24.6 Å². The summed E-state index contributed by atoms with van der Waals surface area (Å²) in [6.45, 7) is 5.34. The third-order valence-corrected chi connectivity index (χ3v) is 6.43. The molecular formula is C23H31N3O4S. The van der Waals surface area contributed by atoms with Crippen LogP contribution in [0.3, 0.4) is 0 Å². The smallest absolute Gasteiger partial charge is 0.241 e. The van der Waals surface area contributed by atoms with Crippen molar-refractivity contribution < 1.29 is 17.9 Å². The van der Waals surface area contributed by atoms with Crippen LogP contribution in [0.2, 0.25) is 0 Å². The minimum absolute atomic E-state index is 0.308. The number of carbonyl (C=O) groups is 1. The Balaban J connectivity index is 1.69. The van der Waals surface area contributed by atoms with Crippen molar-refractivity contribution in [3.8, 4) is 5.75 Å². The third-order valence-electron chi connectivity index (χ3n) is 5.31. The number of sulfonamides is 1. The summed E-state index contributed by atoms with van der Waals surface area (Å²) in [7, 11) is -3.67. The maximum absolute atomic E-state index is 12.7. The van der Waals surface area contributed by atoms with E-state index >= 15 is 0 Å². The quantitative estimate of drug-likeness (QED) is 0.608. The molecule has 0 spiro atoms. The summed E-state index contributed by atoms with van der Waals surface area (Å²) in [6.07, 6.45) is 3.54. The summed E-state index contributed by atoms with van der Waals surface area (Å²) in [4.78, 5) is 15.1. The van der Waals surface area contributed by atoms with Gasteiger partial charge >= 0.3 is 0 Å². The lowest BCUT2D eigenvalue weighted by atomic mass is 10.1. The molecule has 0 radical (unpaired) electrons. The van der Waals surface area contributed by atoms with Crippen LogP contribution in [0, 0.1) is 0 Å². The Bertz CT molecular complexity index is 988. The van der Waals surface area contributed by atoms with Gasteiger partial charge in [-0.2, -0.15) is 0 Å². The van der Waals surface area contributed by atoms with Crippen LogP contribution in [-0.2, 0) is 27.9 Å². The van der Waals surface area contributed by atoms with Gasteiger partial charge < -0.3 is 10.1 Å². The molecule has 0 aromatic heterocycles. The molecule has 8 heteroatoms. The number of para-hydroxylation sites is 2. The predicted octanol–water partition coefficient (Wildman–Crippen LogP) is 2.76. The maximum Gasteiger partial charge on any atom is 0.241 e. The molecule has 168 valence electrons. The van der Waals surface area contributed by atoms with Crippen LogP contribution in [0.25, 0.3) is 0 Å². The number of likely N-dealkylation sites (tertiary alicyclic amines) is 1. The van der Waals surface area contributed by atoms with Gasteiger partial charge in [-0.05, 0) is 56.1 Å². The van der Waals surface area contributed by atoms with Gasteiger partial charge in [-0.15, -0.1) is 0 Å². The SMILES string of the molecule is CCOc1ccccc1N(CC(=O)NCc1ccccc1CN1CCCC1)S(C)(=O)=O. The average Bonchev–Trinajstić information content (AvgIpc) is 3.24. The zero-order valence-corrected chi connectivity index (χ0v) is 19.0. The molecule has 1 N–H and O–H groups in total. The van der Waals surface area contributed by atoms with Crippen molar-refractivity contribution in [2.75, 3.05) is 36.8 Å². The van der Waals surface area contributed by atoms with E-state index in [1.807, 2.05) is 25.1 Å². The minimum Gasteiger partial charge on any atom is -0.492 e. The van der Waals surface area contributed by atoms with E-state index in [-0.39, 0.29) is 12.5 Å². The molecule has 1 aliphatic rings. The molecule has 1 fully saturated rings. The number of hydrogen-bond acceptors (Lipinski definition) is 5. The first-order chi connectivity index (χ1) is 14.9. The number of ether oxygens (including phenoxy) is 1. The third kappa shape index (κ3) is 6.45. The number of rotatable bonds is 10. The van der Waals surface area contributed by atoms with E-state index in [9.17, 15) is 13.2 Å². The number of nitrogens with zero attached hydrogens (tertiary/aromatic N) is 2. The molecule has 2 aromatic carbocycles. The molecule has 3 rings (SSSR count). The zero-order chi connectivity index (χ0) is 22.3. The minimum atomic E-state index is -3.67. The van der Waals surface area contributed by atoms with Crippen LogP contribution >= 0.6 is 0 Å². The summed E-state index contributed by atoms with van der Waals surface area (Å²) in [5.41, 5.74) is 2.59. The van der Waals surface area contributed by atoms with Crippen LogP contribution in [0.5, 0.6) is 5.75 Å². The van der Waals surface area contributed by atoms with Crippen molar-refractivity contribution in [1.82, 2.24) is 10.2 Å². The maximum atomic E-state index is 12.7. The molecule has 1 heterocycles. The van der Waals surface area contributed by atoms with Gasteiger partial charge in [0.1, 0.15) is 12.3 Å². The summed E-state index contributed by atoms with van der Waals surface area (Å²) >= 11 is 0. The number of nitrogens with one attached hydrogen (secondary N) is 1. The van der Waals surface area contributed by atoms with Gasteiger partial charge in [0.15, 0.2) is 0 Å². The Morgan fingerprint density at radius 3 is 2.39 bits per heavy atom. The van der Waals surface area contributed by atoms with Crippen LogP contribution in [-0.4, -0.2) is 51.7 Å². The number of carbonyl (C=O) groups excluding carboxylic acids is 1. The van der Waals surface area contributed by atoms with Crippen LogP contribution in [0.15, 0.2) is 48.5 Å². The monoisotopic (exact) mass is 445 g/mol. The zero-order valence-electron chi connectivity index (χ0n) is 18.2. The first kappa shape index (κ1) is 23.1. The van der Waals surface area contributed by atoms with Crippen molar-refractivity contribution in [2.45, 2.75) is 32.9 Å². The normalized spacial score (nSPS) is 14.4. The second-order valence-electron chi connectivity index (χ2n) is 7.70. The highest BCUT2D eigenvalue weighted by Gasteiger charge is 2.24. The standard InChI is InChI=1S/C23H31N3O4S/c1-3-30-22-13-7-6-12-21(22)26(31(2,28)29)18-23(27)24-16-19-10-4-5-11-20(19)17-25-14-8-9-15-25/h4-7,10-13H,3,8-9,14-18H2,1-2H3,(H,24,27). The highest BCUT2D eigenvalue weighted by atomic mass is 32.2. The van der Waals surface area contributed by atoms with E-state index in [4.69, 9.17) is 4.74 Å². The van der Waals surface area contributed by atoms with Gasteiger partial charge in [0.25, 0.3) is 0 Å². The Kier molecular flexibility index (Phi) is 7.92. The largest absolute Gasteiger partial charge is 0.492 e.